The number of ether oxygens (including phenoxy) is 4. The molecule has 2 aromatic carbocycles. The Bertz CT molecular complexity index is 951. The molecule has 0 aliphatic heterocycles. The summed E-state index contributed by atoms with van der Waals surface area (Å²) in [4.78, 5) is 10.9. The van der Waals surface area contributed by atoms with E-state index in [1.165, 1.54) is 40.6 Å². The van der Waals surface area contributed by atoms with Crippen molar-refractivity contribution in [3.63, 3.8) is 0 Å². The van der Waals surface area contributed by atoms with Crippen LogP contribution in [-0.2, 0) is 15.9 Å². The molecule has 2 unspecified atom stereocenters. The van der Waals surface area contributed by atoms with Gasteiger partial charge in [-0.25, -0.2) is 0 Å². The second-order valence-corrected chi connectivity index (χ2v) is 7.22. The third-order valence-electron chi connectivity index (χ3n) is 4.38. The number of anilines is 1. The van der Waals surface area contributed by atoms with Crippen molar-refractivity contribution >= 4 is 28.8 Å². The molecule has 9 nitrogen and oxygen atoms in total. The van der Waals surface area contributed by atoms with Crippen molar-refractivity contribution in [2.45, 2.75) is 5.25 Å². The Balaban J connectivity index is 2.46. The summed E-state index contributed by atoms with van der Waals surface area (Å²) in [5.74, 6) is 0.750. The Morgan fingerprint density at radius 1 is 1.06 bits per heavy atom. The number of methoxy groups -OCH3 is 4. The van der Waals surface area contributed by atoms with Crippen molar-refractivity contribution in [1.29, 1.82) is 0 Å². The van der Waals surface area contributed by atoms with Gasteiger partial charge in [-0.05, 0) is 28.8 Å². The van der Waals surface area contributed by atoms with Gasteiger partial charge in [0.05, 0.1) is 44.9 Å². The lowest BCUT2D eigenvalue weighted by molar-refractivity contribution is -0.134. The molecule has 2 atom stereocenters. The number of hydrogen-bond donors (Lipinski definition) is 2. The summed E-state index contributed by atoms with van der Waals surface area (Å²) in [6, 6.07) is 8.02. The molecule has 0 aliphatic carbocycles. The predicted molar refractivity (Wildman–Crippen MR) is 116 cm³/mol. The van der Waals surface area contributed by atoms with Crippen LogP contribution in [0.4, 0.5) is 5.69 Å². The summed E-state index contributed by atoms with van der Waals surface area (Å²) >= 11 is -2.51. The maximum absolute atomic E-state index is 12.0. The molecule has 2 rings (SSSR count). The van der Waals surface area contributed by atoms with Gasteiger partial charge >= 0.3 is 5.97 Å². The Labute approximate surface area is 182 Å². The third kappa shape index (κ3) is 6.12. The Kier molecular flexibility index (Phi) is 8.71. The highest BCUT2D eigenvalue weighted by molar-refractivity contribution is 7.79. The average molecular weight is 450 g/mol. The molecular formula is C21H24NO8S-. The molecule has 0 saturated heterocycles. The van der Waals surface area contributed by atoms with Crippen molar-refractivity contribution in [3.05, 3.63) is 47.5 Å². The number of aliphatic carboxylic acids is 1. The molecule has 0 amide bonds. The fourth-order valence-electron chi connectivity index (χ4n) is 2.88. The van der Waals surface area contributed by atoms with Crippen LogP contribution in [0, 0.1) is 0 Å². The Morgan fingerprint density at radius 2 is 1.68 bits per heavy atom. The van der Waals surface area contributed by atoms with E-state index < -0.39 is 22.3 Å². The van der Waals surface area contributed by atoms with Crippen molar-refractivity contribution in [1.82, 2.24) is 0 Å². The first-order valence-electron chi connectivity index (χ1n) is 9.04. The van der Waals surface area contributed by atoms with Gasteiger partial charge in [-0.1, -0.05) is 18.2 Å². The fraction of sp³-hybridized carbons (Fsp3) is 0.286. The van der Waals surface area contributed by atoms with Gasteiger partial charge in [-0.15, -0.1) is 0 Å². The first kappa shape index (κ1) is 24.0. The van der Waals surface area contributed by atoms with E-state index in [0.29, 0.717) is 39.8 Å². The molecule has 2 N–H and O–H groups in total. The van der Waals surface area contributed by atoms with E-state index >= 15 is 0 Å². The topological polar surface area (TPSA) is 126 Å². The summed E-state index contributed by atoms with van der Waals surface area (Å²) in [6.07, 6.45) is 3.07. The predicted octanol–water partition coefficient (Wildman–Crippen LogP) is 2.85. The van der Waals surface area contributed by atoms with E-state index in [-0.39, 0.29) is 6.54 Å². The van der Waals surface area contributed by atoms with Crippen molar-refractivity contribution in [3.8, 4) is 23.0 Å². The minimum absolute atomic E-state index is 0.346. The molecule has 31 heavy (non-hydrogen) atoms. The van der Waals surface area contributed by atoms with Crippen LogP contribution >= 0.6 is 0 Å². The van der Waals surface area contributed by atoms with Crippen molar-refractivity contribution < 1.29 is 37.6 Å². The summed E-state index contributed by atoms with van der Waals surface area (Å²) in [5.41, 5.74) is 1.33. The van der Waals surface area contributed by atoms with E-state index in [1.807, 2.05) is 0 Å². The van der Waals surface area contributed by atoms with Gasteiger partial charge in [0.1, 0.15) is 29.5 Å². The third-order valence-corrected chi connectivity index (χ3v) is 5.22. The minimum atomic E-state index is -2.51. The first-order chi connectivity index (χ1) is 14.8. The molecule has 10 heteroatoms. The summed E-state index contributed by atoms with van der Waals surface area (Å²) in [5, 5.41) is 10.6. The number of benzene rings is 2. The number of nitrogens with one attached hydrogen (secondary N) is 1. The number of carbonyl (C=O) groups is 1. The van der Waals surface area contributed by atoms with Crippen LogP contribution in [0.15, 0.2) is 36.4 Å². The van der Waals surface area contributed by atoms with E-state index in [4.69, 9.17) is 24.1 Å². The average Bonchev–Trinajstić information content (AvgIpc) is 2.77. The molecule has 0 spiro atoms. The van der Waals surface area contributed by atoms with Crippen LogP contribution in [0.25, 0.3) is 6.08 Å². The van der Waals surface area contributed by atoms with E-state index in [1.54, 1.807) is 30.3 Å². The second kappa shape index (κ2) is 11.2. The molecule has 0 saturated carbocycles. The summed E-state index contributed by atoms with van der Waals surface area (Å²) in [7, 11) is 5.92. The lowest BCUT2D eigenvalue weighted by Crippen LogP contribution is -2.13. The van der Waals surface area contributed by atoms with Crippen LogP contribution in [0.2, 0.25) is 0 Å². The normalized spacial score (nSPS) is 12.8. The van der Waals surface area contributed by atoms with Crippen LogP contribution in [0.1, 0.15) is 16.4 Å². The van der Waals surface area contributed by atoms with Crippen LogP contribution in [0.5, 0.6) is 23.0 Å². The van der Waals surface area contributed by atoms with Crippen molar-refractivity contribution in [2.75, 3.05) is 40.3 Å². The highest BCUT2D eigenvalue weighted by atomic mass is 32.2. The zero-order valence-corrected chi connectivity index (χ0v) is 18.4. The van der Waals surface area contributed by atoms with Gasteiger partial charge in [0.2, 0.25) is 0 Å². The second-order valence-electron chi connectivity index (χ2n) is 6.19. The molecule has 0 radical (unpaired) electrons. The van der Waals surface area contributed by atoms with Gasteiger partial charge in [-0.3, -0.25) is 9.00 Å². The number of hydrogen-bond acceptors (Lipinski definition) is 8. The summed E-state index contributed by atoms with van der Waals surface area (Å²) in [6.45, 7) is -0.346. The highest BCUT2D eigenvalue weighted by Crippen LogP contribution is 2.36. The largest absolute Gasteiger partial charge is 0.772 e. The number of carboxylic acids is 1. The molecular weight excluding hydrogens is 426 g/mol. The van der Waals surface area contributed by atoms with Crippen LogP contribution in [0.3, 0.4) is 0 Å². The smallest absolute Gasteiger partial charge is 0.322 e. The maximum atomic E-state index is 12.0. The lowest BCUT2D eigenvalue weighted by atomic mass is 10.1. The number of carboxylic acid groups (broad SMARTS) is 1. The SMILES string of the molecule is COc1cc(OC)c(C=CC(c2ccc(OC)c(NCC(=O)O)c2)S(=O)[O-])c(OC)c1. The fourth-order valence-corrected chi connectivity index (χ4v) is 3.45. The standard InChI is InChI=1S/C21H25NO8S/c1-27-14-10-18(29-3)15(19(11-14)30-4)6-8-20(31(25)26)13-5-7-17(28-2)16(9-13)22-12-21(23)24/h5-11,20,22H,12H2,1-4H3,(H,23,24)(H,25,26)/p-1. The maximum Gasteiger partial charge on any atom is 0.322 e. The van der Waals surface area contributed by atoms with E-state index in [9.17, 15) is 13.6 Å². The summed E-state index contributed by atoms with van der Waals surface area (Å²) < 4.78 is 45.2. The van der Waals surface area contributed by atoms with E-state index in [2.05, 4.69) is 5.32 Å². The number of rotatable bonds is 11. The van der Waals surface area contributed by atoms with Crippen LogP contribution < -0.4 is 24.3 Å². The van der Waals surface area contributed by atoms with E-state index in [0.717, 1.165) is 0 Å². The Hall–Kier alpha value is -3.24. The quantitative estimate of drug-likeness (QED) is 0.497. The van der Waals surface area contributed by atoms with Gasteiger partial charge in [0.15, 0.2) is 0 Å². The van der Waals surface area contributed by atoms with Gasteiger partial charge in [0.25, 0.3) is 0 Å². The van der Waals surface area contributed by atoms with Gasteiger partial charge < -0.3 is 33.9 Å². The van der Waals surface area contributed by atoms with Crippen molar-refractivity contribution in [2.24, 2.45) is 0 Å². The van der Waals surface area contributed by atoms with Gasteiger partial charge in [0, 0.05) is 12.1 Å². The molecule has 168 valence electrons. The Morgan fingerprint density at radius 3 is 2.16 bits per heavy atom. The monoisotopic (exact) mass is 450 g/mol. The van der Waals surface area contributed by atoms with Crippen LogP contribution in [-0.4, -0.2) is 54.8 Å². The van der Waals surface area contributed by atoms with Gasteiger partial charge in [-0.2, -0.15) is 0 Å². The molecule has 0 aliphatic rings. The lowest BCUT2D eigenvalue weighted by Gasteiger charge is -2.19. The molecule has 0 bridgehead atoms. The molecule has 0 fully saturated rings. The minimum Gasteiger partial charge on any atom is -0.772 e. The first-order valence-corrected chi connectivity index (χ1v) is 10.2. The zero-order valence-electron chi connectivity index (χ0n) is 17.5. The molecule has 2 aromatic rings. The molecule has 0 heterocycles. The zero-order chi connectivity index (χ0) is 23.0. The highest BCUT2D eigenvalue weighted by Gasteiger charge is 2.15. The molecule has 0 aromatic heterocycles.